The van der Waals surface area contributed by atoms with Crippen molar-refractivity contribution >= 4 is 12.0 Å². The largest absolute Gasteiger partial charge is 0.444 e. The van der Waals surface area contributed by atoms with Crippen LogP contribution in [0, 0.1) is 0 Å². The Morgan fingerprint density at radius 1 is 1.18 bits per heavy atom. The topological polar surface area (TPSA) is 49.9 Å². The molecule has 5 heteroatoms. The number of carbonyl (C=O) groups is 2. The summed E-state index contributed by atoms with van der Waals surface area (Å²) in [6, 6.07) is 0.387. The van der Waals surface area contributed by atoms with Crippen molar-refractivity contribution < 1.29 is 14.3 Å². The minimum absolute atomic E-state index is 0.107. The third-order valence-corrected chi connectivity index (χ3v) is 3.21. The summed E-state index contributed by atoms with van der Waals surface area (Å²) < 4.78 is 5.33. The molecule has 3 aliphatic heterocycles. The summed E-state index contributed by atoms with van der Waals surface area (Å²) in [6.45, 7) is 8.37. The number of amides is 2. The Bertz CT molecular complexity index is 336. The van der Waals surface area contributed by atoms with Gasteiger partial charge in [0.05, 0.1) is 12.1 Å². The normalized spacial score (nSPS) is 27.5. The molecule has 3 saturated heterocycles. The lowest BCUT2D eigenvalue weighted by molar-refractivity contribution is -0.150. The zero-order valence-corrected chi connectivity index (χ0v) is 10.9. The number of nitrogens with zero attached hydrogens (tertiary/aromatic N) is 2. The maximum Gasteiger partial charge on any atom is 0.410 e. The minimum atomic E-state index is -0.459. The molecule has 2 unspecified atom stereocenters. The first-order valence-electron chi connectivity index (χ1n) is 6.05. The second kappa shape index (κ2) is 3.89. The summed E-state index contributed by atoms with van der Waals surface area (Å²) in [7, 11) is 0. The molecular formula is C12H20N2O3. The highest BCUT2D eigenvalue weighted by molar-refractivity contribution is 5.76. The summed E-state index contributed by atoms with van der Waals surface area (Å²) >= 11 is 0. The number of fused-ring (bicyclic) bond motifs is 2. The highest BCUT2D eigenvalue weighted by atomic mass is 16.6. The highest BCUT2D eigenvalue weighted by Crippen LogP contribution is 2.32. The van der Waals surface area contributed by atoms with Crippen molar-refractivity contribution in [3.63, 3.8) is 0 Å². The lowest BCUT2D eigenvalue weighted by atomic mass is 9.87. The summed E-state index contributed by atoms with van der Waals surface area (Å²) in [5.74, 6) is 0.107. The van der Waals surface area contributed by atoms with Crippen LogP contribution in [0.15, 0.2) is 0 Å². The Labute approximate surface area is 102 Å². The van der Waals surface area contributed by atoms with Gasteiger partial charge < -0.3 is 14.5 Å². The molecule has 3 rings (SSSR count). The van der Waals surface area contributed by atoms with Crippen LogP contribution >= 0.6 is 0 Å². The average Bonchev–Trinajstić information content (AvgIpc) is 2.13. The third kappa shape index (κ3) is 2.37. The lowest BCUT2D eigenvalue weighted by Gasteiger charge is -2.55. The lowest BCUT2D eigenvalue weighted by Crippen LogP contribution is -2.70. The van der Waals surface area contributed by atoms with E-state index in [4.69, 9.17) is 4.74 Å². The van der Waals surface area contributed by atoms with Crippen molar-refractivity contribution in [2.75, 3.05) is 13.1 Å². The zero-order valence-electron chi connectivity index (χ0n) is 10.9. The van der Waals surface area contributed by atoms with Crippen molar-refractivity contribution in [1.29, 1.82) is 0 Å². The Morgan fingerprint density at radius 3 is 2.12 bits per heavy atom. The molecule has 2 atom stereocenters. The van der Waals surface area contributed by atoms with E-state index in [2.05, 4.69) is 0 Å². The van der Waals surface area contributed by atoms with E-state index in [0.717, 1.165) is 6.42 Å². The molecule has 0 saturated carbocycles. The van der Waals surface area contributed by atoms with Crippen LogP contribution in [0.4, 0.5) is 4.79 Å². The fraction of sp³-hybridized carbons (Fsp3) is 0.833. The van der Waals surface area contributed by atoms with Crippen LogP contribution in [-0.4, -0.2) is 52.6 Å². The van der Waals surface area contributed by atoms with Gasteiger partial charge >= 0.3 is 6.09 Å². The van der Waals surface area contributed by atoms with Gasteiger partial charge in [0.2, 0.25) is 5.91 Å². The smallest absolute Gasteiger partial charge is 0.410 e. The molecule has 0 spiro atoms. The molecule has 0 aliphatic carbocycles. The number of hydrogen-bond donors (Lipinski definition) is 0. The number of carbonyl (C=O) groups excluding carboxylic acids is 2. The summed E-state index contributed by atoms with van der Waals surface area (Å²) in [4.78, 5) is 26.8. The van der Waals surface area contributed by atoms with Crippen LogP contribution in [0.5, 0.6) is 0 Å². The molecule has 0 aromatic carbocycles. The van der Waals surface area contributed by atoms with Gasteiger partial charge in [-0.25, -0.2) is 4.79 Å². The van der Waals surface area contributed by atoms with Gasteiger partial charge in [-0.15, -0.1) is 0 Å². The predicted octanol–water partition coefficient (Wildman–Crippen LogP) is 1.23. The number of ether oxygens (including phenoxy) is 1. The van der Waals surface area contributed by atoms with Crippen molar-refractivity contribution in [1.82, 2.24) is 9.80 Å². The van der Waals surface area contributed by atoms with Gasteiger partial charge in [0.15, 0.2) is 0 Å². The summed E-state index contributed by atoms with van der Waals surface area (Å²) in [5, 5.41) is 0. The second-order valence-corrected chi connectivity index (χ2v) is 5.85. The minimum Gasteiger partial charge on any atom is -0.444 e. The van der Waals surface area contributed by atoms with Crippen molar-refractivity contribution in [2.24, 2.45) is 0 Å². The van der Waals surface area contributed by atoms with Crippen LogP contribution in [0.1, 0.15) is 34.1 Å². The molecule has 3 aliphatic rings. The van der Waals surface area contributed by atoms with E-state index in [1.54, 1.807) is 11.8 Å². The van der Waals surface area contributed by atoms with Gasteiger partial charge in [0.25, 0.3) is 0 Å². The number of piperidine rings is 1. The summed E-state index contributed by atoms with van der Waals surface area (Å²) in [6.07, 6.45) is 0.745. The van der Waals surface area contributed by atoms with Crippen LogP contribution in [-0.2, 0) is 9.53 Å². The van der Waals surface area contributed by atoms with Gasteiger partial charge in [-0.05, 0) is 27.2 Å². The Balaban J connectivity index is 1.92. The standard InChI is InChI=1S/C12H20N2O3/c1-8(15)14-9-5-10(14)7-13(6-9)11(16)17-12(2,3)4/h9-10H,5-7H2,1-4H3. The monoisotopic (exact) mass is 240 g/mol. The molecule has 2 bridgehead atoms. The van der Waals surface area contributed by atoms with Crippen LogP contribution in [0.2, 0.25) is 0 Å². The average molecular weight is 240 g/mol. The summed E-state index contributed by atoms with van der Waals surface area (Å²) in [5.41, 5.74) is -0.459. The second-order valence-electron chi connectivity index (χ2n) is 5.85. The van der Waals surface area contributed by atoms with E-state index in [9.17, 15) is 9.59 Å². The maximum absolute atomic E-state index is 11.9. The first kappa shape index (κ1) is 12.2. The van der Waals surface area contributed by atoms with Gasteiger partial charge in [-0.2, -0.15) is 0 Å². The Morgan fingerprint density at radius 2 is 1.71 bits per heavy atom. The molecule has 0 aromatic heterocycles. The van der Waals surface area contributed by atoms with E-state index in [-0.39, 0.29) is 24.1 Å². The molecule has 3 heterocycles. The molecule has 3 fully saturated rings. The molecule has 96 valence electrons. The maximum atomic E-state index is 11.9. The van der Waals surface area contributed by atoms with E-state index in [1.165, 1.54) is 0 Å². The number of rotatable bonds is 0. The number of hydrogen-bond acceptors (Lipinski definition) is 3. The highest BCUT2D eigenvalue weighted by Gasteiger charge is 2.47. The van der Waals surface area contributed by atoms with Crippen molar-refractivity contribution in [3.05, 3.63) is 0 Å². The van der Waals surface area contributed by atoms with Gasteiger partial charge in [0, 0.05) is 20.0 Å². The molecule has 0 N–H and O–H groups in total. The SMILES string of the molecule is CC(=O)N1C2CC1CN(C(=O)OC(C)(C)C)C2. The van der Waals surface area contributed by atoms with Crippen LogP contribution in [0.3, 0.4) is 0 Å². The zero-order chi connectivity index (χ0) is 12.8. The molecule has 5 nitrogen and oxygen atoms in total. The predicted molar refractivity (Wildman–Crippen MR) is 62.5 cm³/mol. The molecule has 2 amide bonds. The van der Waals surface area contributed by atoms with E-state index >= 15 is 0 Å². The molecule has 0 aromatic rings. The van der Waals surface area contributed by atoms with Gasteiger partial charge in [-0.3, -0.25) is 4.79 Å². The van der Waals surface area contributed by atoms with E-state index in [1.807, 2.05) is 25.7 Å². The Kier molecular flexibility index (Phi) is 2.79. The van der Waals surface area contributed by atoms with Crippen molar-refractivity contribution in [2.45, 2.75) is 51.8 Å². The number of piperazine rings is 1. The van der Waals surface area contributed by atoms with Gasteiger partial charge in [-0.1, -0.05) is 0 Å². The van der Waals surface area contributed by atoms with Crippen molar-refractivity contribution in [3.8, 4) is 0 Å². The fourth-order valence-corrected chi connectivity index (χ4v) is 2.60. The molecular weight excluding hydrogens is 220 g/mol. The quantitative estimate of drug-likeness (QED) is 0.640. The van der Waals surface area contributed by atoms with E-state index < -0.39 is 5.60 Å². The molecule has 0 radical (unpaired) electrons. The van der Waals surface area contributed by atoms with Crippen LogP contribution in [0.25, 0.3) is 0 Å². The first-order chi connectivity index (χ1) is 7.78. The third-order valence-electron chi connectivity index (χ3n) is 3.21. The molecule has 17 heavy (non-hydrogen) atoms. The van der Waals surface area contributed by atoms with E-state index in [0.29, 0.717) is 13.1 Å². The van der Waals surface area contributed by atoms with Crippen LogP contribution < -0.4 is 0 Å². The van der Waals surface area contributed by atoms with Gasteiger partial charge in [0.1, 0.15) is 5.60 Å². The Hall–Kier alpha value is -1.26. The fourth-order valence-electron chi connectivity index (χ4n) is 2.60. The first-order valence-corrected chi connectivity index (χ1v) is 6.05.